The average molecular weight is 515 g/mol. The summed E-state index contributed by atoms with van der Waals surface area (Å²) in [6.07, 6.45) is 1.95. The monoisotopic (exact) mass is 514 g/mol. The molecule has 8 aromatic rings. The van der Waals surface area contributed by atoms with Gasteiger partial charge in [-0.3, -0.25) is 0 Å². The number of furan rings is 2. The third-order valence-corrected chi connectivity index (χ3v) is 8.02. The first kappa shape index (κ1) is 22.9. The standard InChI is InChI=1S/C38H26O2/c1-2-8-27(9-3-1)29-11-7-14-33-34-24-26(20-23-36(34)40-38(29)33)17-16-25-18-21-28(22-19-25)30-12-6-13-32-31-10-4-5-15-35(31)39-37(30)32/h1-15,18-24H,16-17H2. The van der Waals surface area contributed by atoms with Crippen molar-refractivity contribution in [2.24, 2.45) is 0 Å². The zero-order valence-electron chi connectivity index (χ0n) is 21.9. The number of aryl methyl sites for hydroxylation is 2. The zero-order valence-corrected chi connectivity index (χ0v) is 21.9. The average Bonchev–Trinajstić information content (AvgIpc) is 3.59. The Hall–Kier alpha value is -5.08. The van der Waals surface area contributed by atoms with Crippen LogP contribution in [0.3, 0.4) is 0 Å². The van der Waals surface area contributed by atoms with Crippen LogP contribution < -0.4 is 0 Å². The van der Waals surface area contributed by atoms with E-state index in [-0.39, 0.29) is 0 Å². The predicted molar refractivity (Wildman–Crippen MR) is 166 cm³/mol. The van der Waals surface area contributed by atoms with Crippen LogP contribution in [0.15, 0.2) is 142 Å². The van der Waals surface area contributed by atoms with Gasteiger partial charge >= 0.3 is 0 Å². The van der Waals surface area contributed by atoms with E-state index in [1.807, 2.05) is 18.2 Å². The van der Waals surface area contributed by atoms with E-state index >= 15 is 0 Å². The third kappa shape index (κ3) is 3.80. The minimum atomic E-state index is 0.931. The lowest BCUT2D eigenvalue weighted by atomic mass is 9.98. The number of hydrogen-bond acceptors (Lipinski definition) is 2. The summed E-state index contributed by atoms with van der Waals surface area (Å²) in [4.78, 5) is 0. The number of rotatable bonds is 5. The van der Waals surface area contributed by atoms with Crippen LogP contribution in [-0.2, 0) is 12.8 Å². The van der Waals surface area contributed by atoms with E-state index in [4.69, 9.17) is 8.83 Å². The molecule has 0 saturated carbocycles. The van der Waals surface area contributed by atoms with Crippen LogP contribution in [0.1, 0.15) is 11.1 Å². The maximum atomic E-state index is 6.35. The van der Waals surface area contributed by atoms with Crippen LogP contribution in [0.25, 0.3) is 66.1 Å². The summed E-state index contributed by atoms with van der Waals surface area (Å²) in [6.45, 7) is 0. The van der Waals surface area contributed by atoms with E-state index in [0.29, 0.717) is 0 Å². The van der Waals surface area contributed by atoms with Crippen molar-refractivity contribution in [2.75, 3.05) is 0 Å². The maximum absolute atomic E-state index is 6.35. The fourth-order valence-electron chi connectivity index (χ4n) is 5.96. The summed E-state index contributed by atoms with van der Waals surface area (Å²) in [6, 6.07) is 47.1. The second kappa shape index (κ2) is 9.29. The Kier molecular flexibility index (Phi) is 5.31. The van der Waals surface area contributed by atoms with Gasteiger partial charge in [0.15, 0.2) is 0 Å². The molecule has 6 aromatic carbocycles. The van der Waals surface area contributed by atoms with Gasteiger partial charge in [0, 0.05) is 32.7 Å². The Morgan fingerprint density at radius 2 is 0.925 bits per heavy atom. The van der Waals surface area contributed by atoms with Crippen LogP contribution in [0.4, 0.5) is 0 Å². The molecule has 0 bridgehead atoms. The van der Waals surface area contributed by atoms with Crippen molar-refractivity contribution < 1.29 is 8.83 Å². The quantitative estimate of drug-likeness (QED) is 0.228. The Morgan fingerprint density at radius 1 is 0.375 bits per heavy atom. The largest absolute Gasteiger partial charge is 0.455 e. The molecule has 2 aromatic heterocycles. The molecule has 8 rings (SSSR count). The second-order valence-corrected chi connectivity index (χ2v) is 10.5. The lowest BCUT2D eigenvalue weighted by Gasteiger charge is -2.06. The van der Waals surface area contributed by atoms with Gasteiger partial charge in [-0.1, -0.05) is 115 Å². The van der Waals surface area contributed by atoms with Gasteiger partial charge in [-0.15, -0.1) is 0 Å². The number of hydrogen-bond donors (Lipinski definition) is 0. The topological polar surface area (TPSA) is 26.3 Å². The van der Waals surface area contributed by atoms with Gasteiger partial charge in [-0.2, -0.15) is 0 Å². The van der Waals surface area contributed by atoms with Gasteiger partial charge in [0.1, 0.15) is 22.3 Å². The first-order chi connectivity index (χ1) is 19.8. The van der Waals surface area contributed by atoms with E-state index < -0.39 is 0 Å². The van der Waals surface area contributed by atoms with Crippen molar-refractivity contribution >= 4 is 43.9 Å². The molecular weight excluding hydrogens is 488 g/mol. The number of benzene rings is 6. The van der Waals surface area contributed by atoms with Crippen LogP contribution in [-0.4, -0.2) is 0 Å². The summed E-state index contributed by atoms with van der Waals surface area (Å²) in [5.74, 6) is 0. The summed E-state index contributed by atoms with van der Waals surface area (Å²) in [5.41, 5.74) is 11.0. The van der Waals surface area contributed by atoms with Crippen LogP contribution in [0, 0.1) is 0 Å². The second-order valence-electron chi connectivity index (χ2n) is 10.5. The van der Waals surface area contributed by atoms with Crippen molar-refractivity contribution in [3.05, 3.63) is 145 Å². The van der Waals surface area contributed by atoms with Gasteiger partial charge < -0.3 is 8.83 Å². The Morgan fingerprint density at radius 3 is 1.68 bits per heavy atom. The zero-order chi connectivity index (χ0) is 26.5. The lowest BCUT2D eigenvalue weighted by Crippen LogP contribution is -1.91. The van der Waals surface area contributed by atoms with E-state index in [1.54, 1.807) is 0 Å². The van der Waals surface area contributed by atoms with E-state index in [0.717, 1.165) is 57.1 Å². The van der Waals surface area contributed by atoms with Crippen LogP contribution >= 0.6 is 0 Å². The molecule has 0 aliphatic carbocycles. The minimum Gasteiger partial charge on any atom is -0.455 e. The summed E-state index contributed by atoms with van der Waals surface area (Å²) in [5, 5.41) is 4.67. The molecule has 0 amide bonds. The van der Waals surface area contributed by atoms with Crippen molar-refractivity contribution in [1.29, 1.82) is 0 Å². The number of para-hydroxylation sites is 3. The molecule has 0 N–H and O–H groups in total. The third-order valence-electron chi connectivity index (χ3n) is 8.02. The summed E-state index contributed by atoms with van der Waals surface area (Å²) >= 11 is 0. The molecule has 2 heterocycles. The minimum absolute atomic E-state index is 0.931. The SMILES string of the molecule is c1ccc(-c2cccc3c2oc2ccc(CCc4ccc(-c5cccc6c5oc5ccccc56)cc4)cc23)cc1. The molecule has 0 unspecified atom stereocenters. The molecule has 0 saturated heterocycles. The highest BCUT2D eigenvalue weighted by Gasteiger charge is 2.14. The first-order valence-electron chi connectivity index (χ1n) is 13.8. The Balaban J connectivity index is 1.06. The smallest absolute Gasteiger partial charge is 0.143 e. The highest BCUT2D eigenvalue weighted by molar-refractivity contribution is 6.10. The molecular formula is C38H26O2. The molecule has 0 aliphatic rings. The van der Waals surface area contributed by atoms with Gasteiger partial charge in [0.25, 0.3) is 0 Å². The fourth-order valence-corrected chi connectivity index (χ4v) is 5.96. The Bertz CT molecular complexity index is 2140. The van der Waals surface area contributed by atoms with Crippen LogP contribution in [0.5, 0.6) is 0 Å². The van der Waals surface area contributed by atoms with E-state index in [2.05, 4.69) is 115 Å². The molecule has 0 spiro atoms. The molecule has 0 aliphatic heterocycles. The van der Waals surface area contributed by atoms with Crippen LogP contribution in [0.2, 0.25) is 0 Å². The Labute approximate surface area is 232 Å². The predicted octanol–water partition coefficient (Wildman–Crippen LogP) is 10.6. The normalized spacial score (nSPS) is 11.7. The highest BCUT2D eigenvalue weighted by atomic mass is 16.3. The van der Waals surface area contributed by atoms with Crippen molar-refractivity contribution in [1.82, 2.24) is 0 Å². The highest BCUT2D eigenvalue weighted by Crippen LogP contribution is 2.37. The van der Waals surface area contributed by atoms with Gasteiger partial charge in [-0.05, 0) is 53.3 Å². The van der Waals surface area contributed by atoms with Crippen molar-refractivity contribution in [3.63, 3.8) is 0 Å². The maximum Gasteiger partial charge on any atom is 0.143 e. The van der Waals surface area contributed by atoms with Gasteiger partial charge in [-0.25, -0.2) is 0 Å². The molecule has 0 fully saturated rings. The molecule has 190 valence electrons. The number of fused-ring (bicyclic) bond motifs is 6. The molecule has 0 atom stereocenters. The summed E-state index contributed by atoms with van der Waals surface area (Å²) < 4.78 is 12.6. The molecule has 2 nitrogen and oxygen atoms in total. The fraction of sp³-hybridized carbons (Fsp3) is 0.0526. The van der Waals surface area contributed by atoms with Gasteiger partial charge in [0.05, 0.1) is 0 Å². The van der Waals surface area contributed by atoms with E-state index in [9.17, 15) is 0 Å². The molecule has 40 heavy (non-hydrogen) atoms. The van der Waals surface area contributed by atoms with Gasteiger partial charge in [0.2, 0.25) is 0 Å². The molecule has 2 heteroatoms. The summed E-state index contributed by atoms with van der Waals surface area (Å²) in [7, 11) is 0. The van der Waals surface area contributed by atoms with Crippen molar-refractivity contribution in [3.8, 4) is 22.3 Å². The first-order valence-corrected chi connectivity index (χ1v) is 13.8. The lowest BCUT2D eigenvalue weighted by molar-refractivity contribution is 0.669. The van der Waals surface area contributed by atoms with E-state index in [1.165, 1.54) is 33.0 Å². The molecule has 0 radical (unpaired) electrons. The van der Waals surface area contributed by atoms with Crippen molar-refractivity contribution in [2.45, 2.75) is 12.8 Å².